The number of anilines is 2. The van der Waals surface area contributed by atoms with Crippen LogP contribution >= 0.6 is 11.3 Å². The van der Waals surface area contributed by atoms with E-state index in [9.17, 15) is 9.59 Å². The fourth-order valence-electron chi connectivity index (χ4n) is 2.84. The number of hydrogen-bond donors (Lipinski definition) is 2. The Balaban J connectivity index is 2.42. The van der Waals surface area contributed by atoms with Gasteiger partial charge < -0.3 is 16.4 Å². The summed E-state index contributed by atoms with van der Waals surface area (Å²) in [6, 6.07) is 0. The number of hydrogen-bond acceptors (Lipinski definition) is 5. The number of carbonyl (C=O) groups is 2. The molecule has 0 aromatic carbocycles. The molecule has 0 saturated carbocycles. The lowest BCUT2D eigenvalue weighted by Gasteiger charge is -2.33. The highest BCUT2D eigenvalue weighted by molar-refractivity contribution is 7.19. The normalized spacial score (nSPS) is 18.8. The number of Topliss-reactive ketones (excluding diaryl/α,β-unsaturated/α-hetero) is 1. The largest absolute Gasteiger partial charge is 0.397 e. The van der Waals surface area contributed by atoms with Crippen molar-refractivity contribution in [3.8, 4) is 0 Å². The lowest BCUT2D eigenvalue weighted by Crippen LogP contribution is -2.35. The zero-order chi connectivity index (χ0) is 15.6. The molecule has 1 saturated heterocycles. The summed E-state index contributed by atoms with van der Waals surface area (Å²) in [5, 5.41) is 0.773. The van der Waals surface area contributed by atoms with Crippen LogP contribution in [0.5, 0.6) is 0 Å². The molecule has 0 spiro atoms. The Morgan fingerprint density at radius 1 is 1.38 bits per heavy atom. The maximum absolute atomic E-state index is 12.0. The Morgan fingerprint density at radius 3 is 2.67 bits per heavy atom. The number of nitrogens with zero attached hydrogens (tertiary/aromatic N) is 1. The average molecular weight is 309 g/mol. The van der Waals surface area contributed by atoms with Gasteiger partial charge in [0, 0.05) is 19.5 Å². The third-order valence-corrected chi connectivity index (χ3v) is 5.44. The molecule has 116 valence electrons. The Labute approximate surface area is 129 Å². The van der Waals surface area contributed by atoms with Crippen molar-refractivity contribution < 1.29 is 9.59 Å². The van der Waals surface area contributed by atoms with E-state index in [0.29, 0.717) is 22.8 Å². The highest BCUT2D eigenvalue weighted by Crippen LogP contribution is 2.40. The third kappa shape index (κ3) is 3.05. The molecule has 1 aromatic rings. The van der Waals surface area contributed by atoms with Gasteiger partial charge in [-0.25, -0.2) is 0 Å². The molecule has 1 atom stereocenters. The van der Waals surface area contributed by atoms with Gasteiger partial charge in [0.15, 0.2) is 5.78 Å². The van der Waals surface area contributed by atoms with Gasteiger partial charge in [0.1, 0.15) is 5.00 Å². The Bertz CT molecular complexity index is 553. The number of ketones is 1. The first-order valence-corrected chi connectivity index (χ1v) is 8.31. The van der Waals surface area contributed by atoms with Crippen molar-refractivity contribution in [3.63, 3.8) is 0 Å². The van der Waals surface area contributed by atoms with Crippen LogP contribution in [-0.2, 0) is 0 Å². The number of nitrogen functional groups attached to an aromatic ring is 1. The molecule has 21 heavy (non-hydrogen) atoms. The molecular weight excluding hydrogens is 286 g/mol. The summed E-state index contributed by atoms with van der Waals surface area (Å²) in [6.07, 6.45) is 3.79. The van der Waals surface area contributed by atoms with Gasteiger partial charge in [0.2, 0.25) is 0 Å². The topological polar surface area (TPSA) is 89.4 Å². The molecule has 4 N–H and O–H groups in total. The van der Waals surface area contributed by atoms with E-state index < -0.39 is 5.91 Å². The van der Waals surface area contributed by atoms with Crippen LogP contribution in [0.4, 0.5) is 10.7 Å². The molecule has 1 amide bonds. The molecule has 0 aliphatic carbocycles. The molecule has 0 radical (unpaired) electrons. The lowest BCUT2D eigenvalue weighted by atomic mass is 9.95. The van der Waals surface area contributed by atoms with Crippen LogP contribution in [-0.4, -0.2) is 24.8 Å². The zero-order valence-electron chi connectivity index (χ0n) is 12.6. The minimum Gasteiger partial charge on any atom is -0.397 e. The van der Waals surface area contributed by atoms with Crippen LogP contribution in [0.1, 0.15) is 59.6 Å². The average Bonchev–Trinajstić information content (AvgIpc) is 2.84. The summed E-state index contributed by atoms with van der Waals surface area (Å²) < 4.78 is 0. The van der Waals surface area contributed by atoms with Crippen LogP contribution in [0.25, 0.3) is 0 Å². The Morgan fingerprint density at radius 2 is 2.10 bits per heavy atom. The fraction of sp³-hybridized carbons (Fsp3) is 0.600. The van der Waals surface area contributed by atoms with E-state index in [1.807, 2.05) is 0 Å². The highest BCUT2D eigenvalue weighted by Gasteiger charge is 2.29. The zero-order valence-corrected chi connectivity index (χ0v) is 13.5. The van der Waals surface area contributed by atoms with Gasteiger partial charge in [0.25, 0.3) is 5.91 Å². The van der Waals surface area contributed by atoms with Crippen LogP contribution in [0.2, 0.25) is 0 Å². The van der Waals surface area contributed by atoms with Crippen molar-refractivity contribution in [2.75, 3.05) is 23.7 Å². The first kappa shape index (κ1) is 15.8. The minimum atomic E-state index is -0.549. The summed E-state index contributed by atoms with van der Waals surface area (Å²) in [5.74, 6) is 0.0379. The molecule has 1 aromatic heterocycles. The van der Waals surface area contributed by atoms with E-state index in [-0.39, 0.29) is 11.5 Å². The third-order valence-electron chi connectivity index (χ3n) is 4.13. The predicted molar refractivity (Wildman–Crippen MR) is 87.1 cm³/mol. The van der Waals surface area contributed by atoms with Crippen molar-refractivity contribution >= 4 is 33.7 Å². The molecule has 6 heteroatoms. The van der Waals surface area contributed by atoms with E-state index in [1.54, 1.807) is 6.92 Å². The van der Waals surface area contributed by atoms with Crippen molar-refractivity contribution in [2.24, 2.45) is 11.7 Å². The standard InChI is InChI=1S/C15H23N3O2S/c1-3-9-6-5-7-18(8-9)15-11(14(17)20)12(16)13(21-15)10(19)4-2/h9H,3-8,16H2,1-2H3,(H2,17,20). The van der Waals surface area contributed by atoms with Crippen LogP contribution in [0.15, 0.2) is 0 Å². The molecule has 2 rings (SSSR count). The summed E-state index contributed by atoms with van der Waals surface area (Å²) >= 11 is 1.32. The highest BCUT2D eigenvalue weighted by atomic mass is 32.1. The van der Waals surface area contributed by atoms with Crippen LogP contribution in [0.3, 0.4) is 0 Å². The summed E-state index contributed by atoms with van der Waals surface area (Å²) in [4.78, 5) is 26.4. The van der Waals surface area contributed by atoms with Gasteiger partial charge in [0.05, 0.1) is 16.1 Å². The summed E-state index contributed by atoms with van der Waals surface area (Å²) in [7, 11) is 0. The smallest absolute Gasteiger partial charge is 0.253 e. The summed E-state index contributed by atoms with van der Waals surface area (Å²) in [6.45, 7) is 5.75. The summed E-state index contributed by atoms with van der Waals surface area (Å²) in [5.41, 5.74) is 12.1. The second-order valence-corrected chi connectivity index (χ2v) is 6.53. The van der Waals surface area contributed by atoms with Crippen molar-refractivity contribution in [1.29, 1.82) is 0 Å². The van der Waals surface area contributed by atoms with E-state index in [2.05, 4.69) is 11.8 Å². The Hall–Kier alpha value is -1.56. The van der Waals surface area contributed by atoms with Gasteiger partial charge in [-0.2, -0.15) is 0 Å². The maximum atomic E-state index is 12.0. The molecule has 2 heterocycles. The van der Waals surface area contributed by atoms with Gasteiger partial charge in [-0.1, -0.05) is 20.3 Å². The first-order valence-electron chi connectivity index (χ1n) is 7.49. The molecule has 0 bridgehead atoms. The van der Waals surface area contributed by atoms with Crippen LogP contribution in [0, 0.1) is 5.92 Å². The molecule has 5 nitrogen and oxygen atoms in total. The maximum Gasteiger partial charge on any atom is 0.253 e. The monoisotopic (exact) mass is 309 g/mol. The van der Waals surface area contributed by atoms with Gasteiger partial charge in [-0.3, -0.25) is 9.59 Å². The quantitative estimate of drug-likeness (QED) is 0.818. The van der Waals surface area contributed by atoms with Gasteiger partial charge in [-0.05, 0) is 18.8 Å². The van der Waals surface area contributed by atoms with Gasteiger partial charge in [-0.15, -0.1) is 11.3 Å². The van der Waals surface area contributed by atoms with E-state index in [4.69, 9.17) is 11.5 Å². The first-order chi connectivity index (χ1) is 9.99. The number of nitrogens with two attached hydrogens (primary N) is 2. The van der Waals surface area contributed by atoms with E-state index >= 15 is 0 Å². The number of rotatable bonds is 5. The van der Waals surface area contributed by atoms with E-state index in [1.165, 1.54) is 17.8 Å². The van der Waals surface area contributed by atoms with Gasteiger partial charge >= 0.3 is 0 Å². The van der Waals surface area contributed by atoms with E-state index in [0.717, 1.165) is 30.9 Å². The number of piperidine rings is 1. The number of carbonyl (C=O) groups excluding carboxylic acids is 2. The number of amides is 1. The van der Waals surface area contributed by atoms with Crippen LogP contribution < -0.4 is 16.4 Å². The molecular formula is C15H23N3O2S. The number of thiophene rings is 1. The molecule has 1 aliphatic heterocycles. The Kier molecular flexibility index (Phi) is 4.88. The second-order valence-electron chi connectivity index (χ2n) is 5.53. The van der Waals surface area contributed by atoms with Crippen molar-refractivity contribution in [2.45, 2.75) is 39.5 Å². The lowest BCUT2D eigenvalue weighted by molar-refractivity contribution is 0.0991. The van der Waals surface area contributed by atoms with Crippen molar-refractivity contribution in [3.05, 3.63) is 10.4 Å². The molecule has 1 unspecified atom stereocenters. The predicted octanol–water partition coefficient (Wildman–Crippen LogP) is 2.65. The second kappa shape index (κ2) is 6.47. The minimum absolute atomic E-state index is 0.0321. The molecule has 1 aliphatic rings. The molecule has 1 fully saturated rings. The fourth-order valence-corrected chi connectivity index (χ4v) is 4.11. The van der Waals surface area contributed by atoms with Crippen molar-refractivity contribution in [1.82, 2.24) is 0 Å². The number of primary amides is 1. The SMILES string of the molecule is CCC(=O)c1sc(N2CCCC(CC)C2)c(C(N)=O)c1N.